The van der Waals surface area contributed by atoms with Crippen molar-refractivity contribution in [2.75, 3.05) is 33.0 Å². The SMILES string of the molecule is CCOCCOCCCCCN(Cc1ccncc1)C(C)C. The van der Waals surface area contributed by atoms with Gasteiger partial charge in [-0.2, -0.15) is 0 Å². The molecular weight excluding hydrogens is 276 g/mol. The molecule has 0 aromatic carbocycles. The van der Waals surface area contributed by atoms with Crippen LogP contribution in [0.5, 0.6) is 0 Å². The molecule has 1 heterocycles. The molecule has 0 bridgehead atoms. The van der Waals surface area contributed by atoms with Gasteiger partial charge in [0.1, 0.15) is 0 Å². The molecule has 0 fully saturated rings. The fourth-order valence-corrected chi connectivity index (χ4v) is 2.30. The van der Waals surface area contributed by atoms with E-state index in [1.54, 1.807) is 0 Å². The van der Waals surface area contributed by atoms with Gasteiger partial charge in [-0.1, -0.05) is 0 Å². The summed E-state index contributed by atoms with van der Waals surface area (Å²) in [6.45, 7) is 11.7. The molecule has 0 saturated heterocycles. The maximum absolute atomic E-state index is 5.54. The molecule has 4 nitrogen and oxygen atoms in total. The van der Waals surface area contributed by atoms with Crippen molar-refractivity contribution < 1.29 is 9.47 Å². The Bertz CT molecular complexity index is 357. The van der Waals surface area contributed by atoms with Crippen molar-refractivity contribution in [1.29, 1.82) is 0 Å². The number of rotatable bonds is 13. The van der Waals surface area contributed by atoms with Gasteiger partial charge in [-0.05, 0) is 64.3 Å². The van der Waals surface area contributed by atoms with Gasteiger partial charge in [0.15, 0.2) is 0 Å². The summed E-state index contributed by atoms with van der Waals surface area (Å²) in [7, 11) is 0. The van der Waals surface area contributed by atoms with Crippen molar-refractivity contribution >= 4 is 0 Å². The summed E-state index contributed by atoms with van der Waals surface area (Å²) >= 11 is 0. The van der Waals surface area contributed by atoms with Crippen LogP contribution in [-0.4, -0.2) is 48.9 Å². The van der Waals surface area contributed by atoms with Gasteiger partial charge >= 0.3 is 0 Å². The van der Waals surface area contributed by atoms with Gasteiger partial charge in [0, 0.05) is 38.2 Å². The second kappa shape index (κ2) is 12.6. The molecule has 1 aromatic heterocycles. The Labute approximate surface area is 135 Å². The number of hydrogen-bond acceptors (Lipinski definition) is 4. The van der Waals surface area contributed by atoms with Gasteiger partial charge < -0.3 is 9.47 Å². The molecule has 4 heteroatoms. The van der Waals surface area contributed by atoms with Crippen molar-refractivity contribution in [2.45, 2.75) is 52.6 Å². The van der Waals surface area contributed by atoms with Crippen LogP contribution >= 0.6 is 0 Å². The molecule has 0 radical (unpaired) electrons. The number of nitrogens with zero attached hydrogens (tertiary/aromatic N) is 2. The minimum atomic E-state index is 0.565. The molecule has 0 unspecified atom stereocenters. The predicted molar refractivity (Wildman–Crippen MR) is 90.9 cm³/mol. The number of hydrogen-bond donors (Lipinski definition) is 0. The van der Waals surface area contributed by atoms with Gasteiger partial charge in [0.05, 0.1) is 13.2 Å². The van der Waals surface area contributed by atoms with Crippen LogP contribution in [-0.2, 0) is 16.0 Å². The Morgan fingerprint density at radius 3 is 2.41 bits per heavy atom. The third-order valence-corrected chi connectivity index (χ3v) is 3.68. The highest BCUT2D eigenvalue weighted by Crippen LogP contribution is 2.09. The Balaban J connectivity index is 2.09. The van der Waals surface area contributed by atoms with E-state index in [0.717, 1.165) is 32.7 Å². The number of pyridine rings is 1. The quantitative estimate of drug-likeness (QED) is 0.522. The molecule has 0 aliphatic heterocycles. The first-order chi connectivity index (χ1) is 10.7. The van der Waals surface area contributed by atoms with Gasteiger partial charge in [0.25, 0.3) is 0 Å². The Kier molecular flexibility index (Phi) is 10.9. The standard InChI is InChI=1S/C18H32N2O2/c1-4-21-14-15-22-13-7-5-6-12-20(17(2)3)16-18-8-10-19-11-9-18/h8-11,17H,4-7,12-16H2,1-3H3. The highest BCUT2D eigenvalue weighted by atomic mass is 16.5. The van der Waals surface area contributed by atoms with Crippen LogP contribution in [0.3, 0.4) is 0 Å². The molecule has 0 atom stereocenters. The molecule has 1 aromatic rings. The van der Waals surface area contributed by atoms with Crippen molar-refractivity contribution in [3.8, 4) is 0 Å². The minimum Gasteiger partial charge on any atom is -0.379 e. The molecular formula is C18H32N2O2. The summed E-state index contributed by atoms with van der Waals surface area (Å²) in [5.41, 5.74) is 1.34. The van der Waals surface area contributed by atoms with Crippen molar-refractivity contribution in [3.05, 3.63) is 30.1 Å². The number of aromatic nitrogens is 1. The van der Waals surface area contributed by atoms with Crippen LogP contribution in [0.15, 0.2) is 24.5 Å². The van der Waals surface area contributed by atoms with Crippen LogP contribution in [0, 0.1) is 0 Å². The lowest BCUT2D eigenvalue weighted by molar-refractivity contribution is 0.0510. The van der Waals surface area contributed by atoms with E-state index < -0.39 is 0 Å². The number of ether oxygens (including phenoxy) is 2. The zero-order valence-corrected chi connectivity index (χ0v) is 14.5. The summed E-state index contributed by atoms with van der Waals surface area (Å²) in [5.74, 6) is 0. The van der Waals surface area contributed by atoms with E-state index in [1.165, 1.54) is 18.4 Å². The molecule has 0 aliphatic rings. The maximum atomic E-state index is 5.54. The zero-order chi connectivity index (χ0) is 16.0. The lowest BCUT2D eigenvalue weighted by atomic mass is 10.2. The maximum Gasteiger partial charge on any atom is 0.0700 e. The zero-order valence-electron chi connectivity index (χ0n) is 14.5. The summed E-state index contributed by atoms with van der Waals surface area (Å²) in [4.78, 5) is 6.60. The van der Waals surface area contributed by atoms with Crippen LogP contribution in [0.25, 0.3) is 0 Å². The summed E-state index contributed by atoms with van der Waals surface area (Å²) in [6.07, 6.45) is 7.31. The second-order valence-electron chi connectivity index (χ2n) is 5.79. The topological polar surface area (TPSA) is 34.6 Å². The molecule has 126 valence electrons. The monoisotopic (exact) mass is 308 g/mol. The van der Waals surface area contributed by atoms with Gasteiger partial charge in [-0.3, -0.25) is 9.88 Å². The normalized spacial score (nSPS) is 11.5. The molecule has 1 rings (SSSR count). The van der Waals surface area contributed by atoms with E-state index in [-0.39, 0.29) is 0 Å². The van der Waals surface area contributed by atoms with Crippen LogP contribution in [0.1, 0.15) is 45.6 Å². The first-order valence-corrected chi connectivity index (χ1v) is 8.52. The fourth-order valence-electron chi connectivity index (χ4n) is 2.30. The first-order valence-electron chi connectivity index (χ1n) is 8.52. The average Bonchev–Trinajstić information content (AvgIpc) is 2.53. The molecule has 0 spiro atoms. The Morgan fingerprint density at radius 2 is 1.73 bits per heavy atom. The molecule has 22 heavy (non-hydrogen) atoms. The summed E-state index contributed by atoms with van der Waals surface area (Å²) in [6, 6.07) is 4.76. The third kappa shape index (κ3) is 9.13. The van der Waals surface area contributed by atoms with Gasteiger partial charge in [-0.25, -0.2) is 0 Å². The second-order valence-corrected chi connectivity index (χ2v) is 5.79. The van der Waals surface area contributed by atoms with E-state index in [4.69, 9.17) is 9.47 Å². The summed E-state index contributed by atoms with van der Waals surface area (Å²) < 4.78 is 10.8. The van der Waals surface area contributed by atoms with Crippen LogP contribution in [0.2, 0.25) is 0 Å². The first kappa shape index (κ1) is 19.1. The minimum absolute atomic E-state index is 0.565. The van der Waals surface area contributed by atoms with E-state index in [9.17, 15) is 0 Å². The van der Waals surface area contributed by atoms with E-state index in [2.05, 4.69) is 35.9 Å². The molecule has 0 N–H and O–H groups in total. The highest BCUT2D eigenvalue weighted by molar-refractivity contribution is 5.09. The lowest BCUT2D eigenvalue weighted by Gasteiger charge is -2.26. The van der Waals surface area contributed by atoms with Gasteiger partial charge in [-0.15, -0.1) is 0 Å². The van der Waals surface area contributed by atoms with E-state index in [0.29, 0.717) is 19.3 Å². The fraction of sp³-hybridized carbons (Fsp3) is 0.722. The van der Waals surface area contributed by atoms with Crippen molar-refractivity contribution in [1.82, 2.24) is 9.88 Å². The van der Waals surface area contributed by atoms with Crippen molar-refractivity contribution in [3.63, 3.8) is 0 Å². The Hall–Kier alpha value is -0.970. The number of unbranched alkanes of at least 4 members (excludes halogenated alkanes) is 2. The smallest absolute Gasteiger partial charge is 0.0700 e. The third-order valence-electron chi connectivity index (χ3n) is 3.68. The van der Waals surface area contributed by atoms with Crippen LogP contribution < -0.4 is 0 Å². The highest BCUT2D eigenvalue weighted by Gasteiger charge is 2.09. The van der Waals surface area contributed by atoms with E-state index in [1.807, 2.05) is 19.3 Å². The van der Waals surface area contributed by atoms with Gasteiger partial charge in [0.2, 0.25) is 0 Å². The molecule has 0 saturated carbocycles. The van der Waals surface area contributed by atoms with Crippen LogP contribution in [0.4, 0.5) is 0 Å². The lowest BCUT2D eigenvalue weighted by Crippen LogP contribution is -2.31. The Morgan fingerprint density at radius 1 is 1.00 bits per heavy atom. The largest absolute Gasteiger partial charge is 0.379 e. The van der Waals surface area contributed by atoms with Crippen molar-refractivity contribution in [2.24, 2.45) is 0 Å². The predicted octanol–water partition coefficient (Wildman–Crippen LogP) is 3.52. The average molecular weight is 308 g/mol. The van der Waals surface area contributed by atoms with E-state index >= 15 is 0 Å². The molecule has 0 aliphatic carbocycles. The molecule has 0 amide bonds. The summed E-state index contributed by atoms with van der Waals surface area (Å²) in [5, 5.41) is 0.